The lowest BCUT2D eigenvalue weighted by Crippen LogP contribution is -2.13. The number of halogens is 1. The summed E-state index contributed by atoms with van der Waals surface area (Å²) in [5.41, 5.74) is 3.93. The molecule has 0 aliphatic heterocycles. The maximum Gasteiger partial charge on any atom is 0.182 e. The zero-order valence-corrected chi connectivity index (χ0v) is 13.1. The number of Topliss-reactive ketones (excluding diaryl/α,β-unsaturated/α-hetero) is 1. The summed E-state index contributed by atoms with van der Waals surface area (Å²) in [6, 6.07) is 1.92. The van der Waals surface area contributed by atoms with Gasteiger partial charge in [0.2, 0.25) is 0 Å². The van der Waals surface area contributed by atoms with Crippen molar-refractivity contribution in [1.82, 2.24) is 14.3 Å². The number of ketones is 1. The van der Waals surface area contributed by atoms with E-state index in [2.05, 4.69) is 9.67 Å². The van der Waals surface area contributed by atoms with E-state index in [1.165, 1.54) is 0 Å². The molecular weight excluding hydrogens is 274 g/mol. The van der Waals surface area contributed by atoms with Crippen molar-refractivity contribution < 1.29 is 4.79 Å². The van der Waals surface area contributed by atoms with Crippen LogP contribution in [-0.4, -0.2) is 25.5 Å². The molecule has 0 saturated heterocycles. The van der Waals surface area contributed by atoms with Crippen LogP contribution < -0.4 is 0 Å². The van der Waals surface area contributed by atoms with E-state index in [9.17, 15) is 4.79 Å². The average Bonchev–Trinajstić information content (AvgIpc) is 2.91. The van der Waals surface area contributed by atoms with E-state index in [4.69, 9.17) is 11.6 Å². The Labute approximate surface area is 124 Å². The van der Waals surface area contributed by atoms with Gasteiger partial charge in [-0.3, -0.25) is 9.48 Å². The quantitative estimate of drug-likeness (QED) is 0.628. The summed E-state index contributed by atoms with van der Waals surface area (Å²) in [6.07, 6.45) is 3.86. The van der Waals surface area contributed by atoms with Crippen molar-refractivity contribution in [1.29, 1.82) is 0 Å². The van der Waals surface area contributed by atoms with Crippen molar-refractivity contribution in [2.75, 3.05) is 0 Å². The van der Waals surface area contributed by atoms with Gasteiger partial charge in [-0.1, -0.05) is 0 Å². The van der Waals surface area contributed by atoms with E-state index in [-0.39, 0.29) is 5.78 Å². The molecule has 0 aliphatic rings. The number of rotatable bonds is 5. The molecule has 0 radical (unpaired) electrons. The van der Waals surface area contributed by atoms with Gasteiger partial charge in [0.15, 0.2) is 5.78 Å². The summed E-state index contributed by atoms with van der Waals surface area (Å²) < 4.78 is 4.06. The number of hydrogen-bond donors (Lipinski definition) is 0. The Hall–Kier alpha value is -1.55. The van der Waals surface area contributed by atoms with Gasteiger partial charge in [-0.05, 0) is 39.3 Å². The first-order valence-corrected chi connectivity index (χ1v) is 7.18. The molecule has 0 saturated carbocycles. The van der Waals surface area contributed by atoms with Crippen LogP contribution in [-0.2, 0) is 13.1 Å². The third-order valence-electron chi connectivity index (χ3n) is 3.52. The predicted molar refractivity (Wildman–Crippen MR) is 80.5 cm³/mol. The van der Waals surface area contributed by atoms with Crippen LogP contribution in [0.25, 0.3) is 0 Å². The number of aromatic nitrogens is 3. The maximum atomic E-state index is 12.0. The molecule has 2 aromatic heterocycles. The lowest BCUT2D eigenvalue weighted by molar-refractivity contribution is 0.0991. The van der Waals surface area contributed by atoms with Crippen LogP contribution in [0.3, 0.4) is 0 Å². The molecule has 2 heterocycles. The van der Waals surface area contributed by atoms with E-state index in [0.717, 1.165) is 35.6 Å². The molecule has 108 valence electrons. The van der Waals surface area contributed by atoms with E-state index >= 15 is 0 Å². The Morgan fingerprint density at radius 1 is 1.35 bits per heavy atom. The normalized spacial score (nSPS) is 12.7. The smallest absolute Gasteiger partial charge is 0.182 e. The monoisotopic (exact) mass is 293 g/mol. The van der Waals surface area contributed by atoms with Gasteiger partial charge in [-0.15, -0.1) is 11.6 Å². The van der Waals surface area contributed by atoms with Crippen LogP contribution in [0.4, 0.5) is 0 Å². The predicted octanol–water partition coefficient (Wildman–Crippen LogP) is 3.12. The minimum absolute atomic E-state index is 0.0130. The van der Waals surface area contributed by atoms with Crippen molar-refractivity contribution in [3.8, 4) is 0 Å². The number of hydrogen-bond acceptors (Lipinski definition) is 2. The van der Waals surface area contributed by atoms with Crippen LogP contribution in [0.5, 0.6) is 0 Å². The van der Waals surface area contributed by atoms with Crippen molar-refractivity contribution in [3.63, 3.8) is 0 Å². The van der Waals surface area contributed by atoms with Gasteiger partial charge in [-0.2, -0.15) is 5.10 Å². The maximum absolute atomic E-state index is 12.0. The van der Waals surface area contributed by atoms with Gasteiger partial charge in [0.1, 0.15) is 0 Å². The third-order valence-corrected chi connectivity index (χ3v) is 3.71. The summed E-state index contributed by atoms with van der Waals surface area (Å²) in [4.78, 5) is 12.0. The molecule has 1 unspecified atom stereocenters. The van der Waals surface area contributed by atoms with Gasteiger partial charge in [0.25, 0.3) is 0 Å². The molecule has 0 fully saturated rings. The summed E-state index contributed by atoms with van der Waals surface area (Å²) in [6.45, 7) is 9.29. The Morgan fingerprint density at radius 3 is 2.60 bits per heavy atom. The SMILES string of the molecule is Cc1cnn(CCn2c(C)cc(C(=O)C(C)Cl)c2C)c1. The minimum atomic E-state index is -0.488. The van der Waals surface area contributed by atoms with E-state index in [1.807, 2.05) is 43.9 Å². The first kappa shape index (κ1) is 14.9. The molecule has 20 heavy (non-hydrogen) atoms. The van der Waals surface area contributed by atoms with Crippen LogP contribution in [0.15, 0.2) is 18.5 Å². The van der Waals surface area contributed by atoms with Gasteiger partial charge >= 0.3 is 0 Å². The summed E-state index contributed by atoms with van der Waals surface area (Å²) in [5.74, 6) is -0.0130. The third kappa shape index (κ3) is 2.96. The highest BCUT2D eigenvalue weighted by molar-refractivity contribution is 6.33. The summed E-state index contributed by atoms with van der Waals surface area (Å²) in [5, 5.41) is 3.79. The van der Waals surface area contributed by atoms with Crippen LogP contribution in [0.1, 0.15) is 34.2 Å². The van der Waals surface area contributed by atoms with E-state index in [0.29, 0.717) is 0 Å². The number of carbonyl (C=O) groups is 1. The Balaban J connectivity index is 2.18. The topological polar surface area (TPSA) is 39.8 Å². The van der Waals surface area contributed by atoms with E-state index < -0.39 is 5.38 Å². The fraction of sp³-hybridized carbons (Fsp3) is 0.467. The molecular formula is C15H20ClN3O. The van der Waals surface area contributed by atoms with Gasteiger partial charge in [0, 0.05) is 29.7 Å². The van der Waals surface area contributed by atoms with Crippen molar-refractivity contribution >= 4 is 17.4 Å². The first-order valence-electron chi connectivity index (χ1n) is 6.74. The van der Waals surface area contributed by atoms with Gasteiger partial charge < -0.3 is 4.57 Å². The second kappa shape index (κ2) is 5.83. The highest BCUT2D eigenvalue weighted by Gasteiger charge is 2.19. The molecule has 1 atom stereocenters. The molecule has 0 aliphatic carbocycles. The van der Waals surface area contributed by atoms with Gasteiger partial charge in [-0.25, -0.2) is 0 Å². The number of nitrogens with zero attached hydrogens (tertiary/aromatic N) is 3. The zero-order chi connectivity index (χ0) is 14.9. The molecule has 4 nitrogen and oxygen atoms in total. The number of carbonyl (C=O) groups excluding carboxylic acids is 1. The van der Waals surface area contributed by atoms with Crippen molar-refractivity contribution in [2.24, 2.45) is 0 Å². The molecule has 2 rings (SSSR count). The summed E-state index contributed by atoms with van der Waals surface area (Å²) in [7, 11) is 0. The highest BCUT2D eigenvalue weighted by atomic mass is 35.5. The molecule has 0 aromatic carbocycles. The number of aryl methyl sites for hydroxylation is 3. The van der Waals surface area contributed by atoms with Crippen molar-refractivity contribution in [2.45, 2.75) is 46.2 Å². The molecule has 0 spiro atoms. The molecule has 0 amide bonds. The summed E-state index contributed by atoms with van der Waals surface area (Å²) >= 11 is 5.90. The molecule has 0 N–H and O–H groups in total. The molecule has 2 aromatic rings. The van der Waals surface area contributed by atoms with Crippen molar-refractivity contribution in [3.05, 3.63) is 41.0 Å². The fourth-order valence-electron chi connectivity index (χ4n) is 2.40. The Kier molecular flexibility index (Phi) is 4.33. The number of alkyl halides is 1. The Bertz CT molecular complexity index is 625. The second-order valence-electron chi connectivity index (χ2n) is 5.20. The lowest BCUT2D eigenvalue weighted by Gasteiger charge is -2.10. The minimum Gasteiger partial charge on any atom is -0.347 e. The van der Waals surface area contributed by atoms with Crippen LogP contribution in [0, 0.1) is 20.8 Å². The Morgan fingerprint density at radius 2 is 2.05 bits per heavy atom. The van der Waals surface area contributed by atoms with E-state index in [1.54, 1.807) is 6.92 Å². The standard InChI is InChI=1S/C15H20ClN3O/c1-10-8-17-18(9-10)5-6-19-11(2)7-14(13(19)4)15(20)12(3)16/h7-9,12H,5-6H2,1-4H3. The largest absolute Gasteiger partial charge is 0.347 e. The lowest BCUT2D eigenvalue weighted by atomic mass is 10.1. The average molecular weight is 294 g/mol. The van der Waals surface area contributed by atoms with Crippen LogP contribution in [0.2, 0.25) is 0 Å². The second-order valence-corrected chi connectivity index (χ2v) is 5.85. The highest BCUT2D eigenvalue weighted by Crippen LogP contribution is 2.18. The fourth-order valence-corrected chi connectivity index (χ4v) is 2.52. The first-order chi connectivity index (χ1) is 9.40. The molecule has 0 bridgehead atoms. The van der Waals surface area contributed by atoms with Crippen LogP contribution >= 0.6 is 11.6 Å². The zero-order valence-electron chi connectivity index (χ0n) is 12.4. The van der Waals surface area contributed by atoms with Gasteiger partial charge in [0.05, 0.1) is 18.1 Å². The molecule has 5 heteroatoms.